The van der Waals surface area contributed by atoms with Gasteiger partial charge in [0.1, 0.15) is 0 Å². The van der Waals surface area contributed by atoms with Crippen molar-refractivity contribution in [2.45, 2.75) is 82.7 Å². The summed E-state index contributed by atoms with van der Waals surface area (Å²) in [5, 5.41) is 20.7. The Labute approximate surface area is 230 Å². The Morgan fingerprint density at radius 2 is 1.76 bits per heavy atom. The van der Waals surface area contributed by atoms with Crippen molar-refractivity contribution in [1.29, 1.82) is 0 Å². The lowest BCUT2D eigenvalue weighted by Crippen LogP contribution is -2.56. The van der Waals surface area contributed by atoms with Crippen molar-refractivity contribution in [2.75, 3.05) is 0 Å². The highest BCUT2D eigenvalue weighted by Crippen LogP contribution is 2.52. The lowest BCUT2D eigenvalue weighted by Gasteiger charge is -2.52. The maximum Gasteiger partial charge on any atom is 0.416 e. The SMILES string of the molecule is CC[C@@H](CCC(C)(O)C(F)(F)F)N1C(=O)[C@@](C)(CC(=O)O)CC(c2cccc(Cl)c2)C1c1ccc(Cl)cc1. The number of alkyl halides is 3. The van der Waals surface area contributed by atoms with E-state index in [1.165, 1.54) is 0 Å². The van der Waals surface area contributed by atoms with Crippen molar-refractivity contribution >= 4 is 35.1 Å². The van der Waals surface area contributed by atoms with Crippen LogP contribution in [0.3, 0.4) is 0 Å². The van der Waals surface area contributed by atoms with E-state index in [1.807, 2.05) is 6.07 Å². The third kappa shape index (κ3) is 6.46. The zero-order chi connectivity index (χ0) is 28.5. The van der Waals surface area contributed by atoms with Crippen LogP contribution < -0.4 is 0 Å². The van der Waals surface area contributed by atoms with Crippen LogP contribution in [0.25, 0.3) is 0 Å². The van der Waals surface area contributed by atoms with E-state index in [0.29, 0.717) is 22.0 Å². The van der Waals surface area contributed by atoms with Crippen LogP contribution in [0.1, 0.15) is 76.0 Å². The molecule has 0 saturated carbocycles. The number of hydrogen-bond donors (Lipinski definition) is 2. The number of carboxylic acid groups (broad SMARTS) is 1. The third-order valence-electron chi connectivity index (χ3n) is 7.57. The van der Waals surface area contributed by atoms with Crippen LogP contribution in [0, 0.1) is 5.41 Å². The fourth-order valence-electron chi connectivity index (χ4n) is 5.41. The first-order valence-corrected chi connectivity index (χ1v) is 13.2. The molecule has 208 valence electrons. The Morgan fingerprint density at radius 1 is 1.13 bits per heavy atom. The van der Waals surface area contributed by atoms with E-state index in [1.54, 1.807) is 61.2 Å². The lowest BCUT2D eigenvalue weighted by atomic mass is 9.66. The molecule has 1 aliphatic rings. The number of aliphatic carboxylic acids is 1. The van der Waals surface area contributed by atoms with E-state index in [-0.39, 0.29) is 12.8 Å². The molecular formula is C28H32Cl2F3NO4. The molecule has 2 aromatic carbocycles. The molecule has 0 aliphatic carbocycles. The molecule has 0 bridgehead atoms. The fourth-order valence-corrected chi connectivity index (χ4v) is 5.73. The van der Waals surface area contributed by atoms with Crippen molar-refractivity contribution in [2.24, 2.45) is 5.41 Å². The van der Waals surface area contributed by atoms with Crippen LogP contribution in [0.2, 0.25) is 10.0 Å². The Balaban J connectivity index is 2.18. The largest absolute Gasteiger partial charge is 0.481 e. The van der Waals surface area contributed by atoms with Crippen molar-refractivity contribution in [1.82, 2.24) is 4.90 Å². The second-order valence-electron chi connectivity index (χ2n) is 10.6. The molecule has 3 unspecified atom stereocenters. The van der Waals surface area contributed by atoms with Crippen molar-refractivity contribution in [3.8, 4) is 0 Å². The smallest absolute Gasteiger partial charge is 0.416 e. The maximum absolute atomic E-state index is 14.1. The minimum atomic E-state index is -4.84. The summed E-state index contributed by atoms with van der Waals surface area (Å²) in [7, 11) is 0. The second kappa shape index (κ2) is 11.4. The molecule has 5 nitrogen and oxygen atoms in total. The molecule has 2 aromatic rings. The number of carbonyl (C=O) groups is 2. The minimum Gasteiger partial charge on any atom is -0.481 e. The summed E-state index contributed by atoms with van der Waals surface area (Å²) in [5.74, 6) is -2.01. The number of carboxylic acids is 1. The van der Waals surface area contributed by atoms with Gasteiger partial charge in [-0.2, -0.15) is 13.2 Å². The molecule has 1 heterocycles. The number of nitrogens with zero attached hydrogens (tertiary/aromatic N) is 1. The van der Waals surface area contributed by atoms with Gasteiger partial charge in [-0.05, 0) is 68.0 Å². The second-order valence-corrected chi connectivity index (χ2v) is 11.5. The first-order chi connectivity index (χ1) is 17.6. The molecule has 5 atom stereocenters. The van der Waals surface area contributed by atoms with Crippen LogP contribution in [0.5, 0.6) is 0 Å². The van der Waals surface area contributed by atoms with E-state index < -0.39 is 59.9 Å². The quantitative estimate of drug-likeness (QED) is 0.327. The number of aliphatic hydroxyl groups is 1. The van der Waals surface area contributed by atoms with Gasteiger partial charge in [0.25, 0.3) is 0 Å². The van der Waals surface area contributed by atoms with Gasteiger partial charge >= 0.3 is 12.1 Å². The lowest BCUT2D eigenvalue weighted by molar-refractivity contribution is -0.256. The number of hydrogen-bond acceptors (Lipinski definition) is 3. The van der Waals surface area contributed by atoms with Crippen molar-refractivity contribution < 1.29 is 33.0 Å². The van der Waals surface area contributed by atoms with E-state index in [0.717, 1.165) is 12.5 Å². The molecular weight excluding hydrogens is 542 g/mol. The summed E-state index contributed by atoms with van der Waals surface area (Å²) in [4.78, 5) is 27.5. The van der Waals surface area contributed by atoms with E-state index in [2.05, 4.69) is 0 Å². The summed E-state index contributed by atoms with van der Waals surface area (Å²) in [6.45, 7) is 4.07. The first-order valence-electron chi connectivity index (χ1n) is 12.4. The molecule has 1 fully saturated rings. The van der Waals surface area contributed by atoms with Gasteiger partial charge in [-0.15, -0.1) is 0 Å². The summed E-state index contributed by atoms with van der Waals surface area (Å²) >= 11 is 12.4. The van der Waals surface area contributed by atoms with Gasteiger partial charge in [0.2, 0.25) is 5.91 Å². The first kappa shape index (κ1) is 30.3. The number of piperidine rings is 1. The van der Waals surface area contributed by atoms with Gasteiger partial charge in [0.05, 0.1) is 17.9 Å². The standard InChI is InChI=1S/C28H32Cl2F3NO4/c1-4-21(12-13-27(3,38)28(31,32)33)34-24(17-8-10-19(29)11-9-17)22(18-6-5-7-20(30)14-18)15-26(2,25(34)37)16-23(35)36/h5-11,14,21-22,24,38H,4,12-13,15-16H2,1-3H3,(H,35,36)/t21-,22?,24?,26+,27?/m0/s1. The van der Waals surface area contributed by atoms with Gasteiger partial charge in [0, 0.05) is 22.0 Å². The van der Waals surface area contributed by atoms with Crippen LogP contribution in [0.15, 0.2) is 48.5 Å². The van der Waals surface area contributed by atoms with Crippen LogP contribution in [-0.2, 0) is 9.59 Å². The number of amides is 1. The summed E-state index contributed by atoms with van der Waals surface area (Å²) in [6, 6.07) is 12.6. The zero-order valence-corrected chi connectivity index (χ0v) is 22.9. The summed E-state index contributed by atoms with van der Waals surface area (Å²) < 4.78 is 40.4. The predicted molar refractivity (Wildman–Crippen MR) is 140 cm³/mol. The Hall–Kier alpha value is -2.29. The molecule has 1 aliphatic heterocycles. The van der Waals surface area contributed by atoms with Crippen LogP contribution in [-0.4, -0.2) is 44.8 Å². The van der Waals surface area contributed by atoms with Gasteiger partial charge in [-0.1, -0.05) is 61.3 Å². The van der Waals surface area contributed by atoms with Crippen molar-refractivity contribution in [3.05, 3.63) is 69.7 Å². The highest BCUT2D eigenvalue weighted by atomic mass is 35.5. The van der Waals surface area contributed by atoms with E-state index in [4.69, 9.17) is 23.2 Å². The van der Waals surface area contributed by atoms with Gasteiger partial charge in [-0.3, -0.25) is 9.59 Å². The molecule has 3 rings (SSSR count). The van der Waals surface area contributed by atoms with Gasteiger partial charge < -0.3 is 15.1 Å². The average molecular weight is 574 g/mol. The normalized spacial score (nSPS) is 24.7. The maximum atomic E-state index is 14.1. The average Bonchev–Trinajstić information content (AvgIpc) is 2.81. The molecule has 0 radical (unpaired) electrons. The fraction of sp³-hybridized carbons (Fsp3) is 0.500. The molecule has 2 N–H and O–H groups in total. The van der Waals surface area contributed by atoms with E-state index in [9.17, 15) is 33.0 Å². The summed E-state index contributed by atoms with van der Waals surface area (Å²) in [6.07, 6.45) is -5.54. The topological polar surface area (TPSA) is 77.8 Å². The van der Waals surface area contributed by atoms with Gasteiger partial charge in [-0.25, -0.2) is 0 Å². The predicted octanol–water partition coefficient (Wildman–Crippen LogP) is 7.40. The third-order valence-corrected chi connectivity index (χ3v) is 8.06. The molecule has 1 amide bonds. The molecule has 0 spiro atoms. The number of benzene rings is 2. The highest BCUT2D eigenvalue weighted by Gasteiger charge is 2.54. The monoisotopic (exact) mass is 573 g/mol. The Bertz CT molecular complexity index is 1160. The van der Waals surface area contributed by atoms with Gasteiger partial charge in [0.15, 0.2) is 5.60 Å². The molecule has 38 heavy (non-hydrogen) atoms. The highest BCUT2D eigenvalue weighted by molar-refractivity contribution is 6.30. The van der Waals surface area contributed by atoms with Crippen molar-refractivity contribution in [3.63, 3.8) is 0 Å². The number of rotatable bonds is 9. The molecule has 10 heteroatoms. The minimum absolute atomic E-state index is 0.135. The zero-order valence-electron chi connectivity index (χ0n) is 21.4. The Kier molecular flexibility index (Phi) is 9.11. The van der Waals surface area contributed by atoms with Crippen LogP contribution >= 0.6 is 23.2 Å². The molecule has 1 saturated heterocycles. The van der Waals surface area contributed by atoms with E-state index >= 15 is 0 Å². The number of carbonyl (C=O) groups excluding carboxylic acids is 1. The summed E-state index contributed by atoms with van der Waals surface area (Å²) in [5.41, 5.74) is -2.76. The van der Waals surface area contributed by atoms with Crippen LogP contribution in [0.4, 0.5) is 13.2 Å². The Morgan fingerprint density at radius 3 is 2.29 bits per heavy atom. The number of halogens is 5. The molecule has 0 aromatic heterocycles. The number of likely N-dealkylation sites (tertiary alicyclic amines) is 1.